The van der Waals surface area contributed by atoms with Gasteiger partial charge in [0.15, 0.2) is 0 Å². The number of hydrogen-bond donors (Lipinski definition) is 0. The zero-order chi connectivity index (χ0) is 18.0. The average molecular weight is 358 g/mol. The molecule has 126 valence electrons. The molecule has 0 aliphatic carbocycles. The van der Waals surface area contributed by atoms with E-state index in [2.05, 4.69) is 11.1 Å². The van der Waals surface area contributed by atoms with Crippen LogP contribution in [0.3, 0.4) is 0 Å². The molecule has 0 atom stereocenters. The number of para-hydroxylation sites is 1. The highest BCUT2D eigenvalue weighted by atomic mass is 32.2. The Morgan fingerprint density at radius 3 is 2.60 bits per heavy atom. The minimum Gasteiger partial charge on any atom is -0.240 e. The maximum absolute atomic E-state index is 12.8. The fourth-order valence-corrected chi connectivity index (χ4v) is 3.56. The predicted molar refractivity (Wildman–Crippen MR) is 92.2 cm³/mol. The van der Waals surface area contributed by atoms with Crippen molar-refractivity contribution in [2.45, 2.75) is 23.9 Å². The number of benzene rings is 2. The summed E-state index contributed by atoms with van der Waals surface area (Å²) in [4.78, 5) is 4.51. The van der Waals surface area contributed by atoms with Gasteiger partial charge >= 0.3 is 6.18 Å². The van der Waals surface area contributed by atoms with E-state index in [0.717, 1.165) is 28.6 Å². The molecule has 2 aromatic carbocycles. The molecule has 0 unspecified atom stereocenters. The summed E-state index contributed by atoms with van der Waals surface area (Å²) in [5.74, 6) is 0.309. The van der Waals surface area contributed by atoms with E-state index >= 15 is 0 Å². The number of aromatic nitrogens is 1. The highest BCUT2D eigenvalue weighted by molar-refractivity contribution is 7.98. The van der Waals surface area contributed by atoms with E-state index in [1.165, 1.54) is 17.8 Å². The summed E-state index contributed by atoms with van der Waals surface area (Å²) in [7, 11) is 0. The van der Waals surface area contributed by atoms with Gasteiger partial charge in [-0.25, -0.2) is 4.98 Å². The van der Waals surface area contributed by atoms with Gasteiger partial charge in [-0.2, -0.15) is 18.4 Å². The van der Waals surface area contributed by atoms with Crippen LogP contribution < -0.4 is 0 Å². The topological polar surface area (TPSA) is 36.7 Å². The molecule has 2 nitrogen and oxygen atoms in total. The molecule has 0 fully saturated rings. The summed E-state index contributed by atoms with van der Waals surface area (Å²) in [6, 6.07) is 14.9. The van der Waals surface area contributed by atoms with Crippen LogP contribution in [0.15, 0.2) is 53.6 Å². The van der Waals surface area contributed by atoms with Crippen LogP contribution in [0, 0.1) is 18.3 Å². The van der Waals surface area contributed by atoms with Crippen LogP contribution in [-0.2, 0) is 11.9 Å². The first-order valence-corrected chi connectivity index (χ1v) is 8.47. The number of thioether (sulfide) groups is 1. The molecule has 0 radical (unpaired) electrons. The Labute approximate surface area is 147 Å². The lowest BCUT2D eigenvalue weighted by molar-refractivity contribution is -0.137. The van der Waals surface area contributed by atoms with Crippen molar-refractivity contribution in [1.29, 1.82) is 5.26 Å². The van der Waals surface area contributed by atoms with E-state index < -0.39 is 11.7 Å². The quantitative estimate of drug-likeness (QED) is 0.561. The van der Waals surface area contributed by atoms with Gasteiger partial charge < -0.3 is 0 Å². The van der Waals surface area contributed by atoms with E-state index in [1.807, 2.05) is 31.2 Å². The van der Waals surface area contributed by atoms with Gasteiger partial charge in [0.05, 0.1) is 16.6 Å². The van der Waals surface area contributed by atoms with Crippen molar-refractivity contribution in [1.82, 2.24) is 4.98 Å². The molecule has 3 rings (SSSR count). The molecule has 25 heavy (non-hydrogen) atoms. The summed E-state index contributed by atoms with van der Waals surface area (Å²) in [6.45, 7) is 1.86. The summed E-state index contributed by atoms with van der Waals surface area (Å²) in [6.07, 6.45) is -4.36. The number of halogens is 3. The predicted octanol–water partition coefficient (Wildman–Crippen LogP) is 5.73. The fraction of sp³-hybridized carbons (Fsp3) is 0.158. The smallest absolute Gasteiger partial charge is 0.240 e. The van der Waals surface area contributed by atoms with Crippen molar-refractivity contribution in [3.05, 3.63) is 70.8 Å². The lowest BCUT2D eigenvalue weighted by Gasteiger charge is -2.11. The van der Waals surface area contributed by atoms with Gasteiger partial charge in [0.25, 0.3) is 0 Å². The Morgan fingerprint density at radius 1 is 1.12 bits per heavy atom. The highest BCUT2D eigenvalue weighted by Crippen LogP contribution is 2.33. The number of aryl methyl sites for hydroxylation is 1. The van der Waals surface area contributed by atoms with Crippen LogP contribution in [0.2, 0.25) is 0 Å². The zero-order valence-electron chi connectivity index (χ0n) is 13.3. The monoisotopic (exact) mass is 358 g/mol. The molecular formula is C19H13F3N2S. The van der Waals surface area contributed by atoms with Crippen molar-refractivity contribution < 1.29 is 13.2 Å². The van der Waals surface area contributed by atoms with E-state index in [0.29, 0.717) is 21.9 Å². The Morgan fingerprint density at radius 2 is 1.88 bits per heavy atom. The molecule has 0 bridgehead atoms. The summed E-state index contributed by atoms with van der Waals surface area (Å²) in [5, 5.41) is 10.9. The van der Waals surface area contributed by atoms with Crippen molar-refractivity contribution in [2.24, 2.45) is 0 Å². The lowest BCUT2D eigenvalue weighted by Crippen LogP contribution is -2.05. The standard InChI is InChI=1S/C19H13F3N2S/c1-12-15-7-2-3-8-17(15)24-18(16(12)10-23)25-11-13-5-4-6-14(9-13)19(20,21)22/h2-9H,11H2,1H3. The first kappa shape index (κ1) is 17.3. The minimum atomic E-state index is -4.36. The van der Waals surface area contributed by atoms with Crippen LogP contribution in [0.5, 0.6) is 0 Å². The molecule has 0 spiro atoms. The van der Waals surface area contributed by atoms with Gasteiger partial charge in [0.2, 0.25) is 0 Å². The van der Waals surface area contributed by atoms with Crippen molar-refractivity contribution in [3.63, 3.8) is 0 Å². The lowest BCUT2D eigenvalue weighted by atomic mass is 10.1. The molecule has 1 heterocycles. The molecule has 0 aliphatic rings. The van der Waals surface area contributed by atoms with E-state index in [9.17, 15) is 18.4 Å². The van der Waals surface area contributed by atoms with E-state index in [1.54, 1.807) is 6.07 Å². The summed E-state index contributed by atoms with van der Waals surface area (Å²) >= 11 is 1.27. The maximum atomic E-state index is 12.8. The zero-order valence-corrected chi connectivity index (χ0v) is 14.1. The van der Waals surface area contributed by atoms with Crippen molar-refractivity contribution in [3.8, 4) is 6.07 Å². The third-order valence-corrected chi connectivity index (χ3v) is 4.91. The van der Waals surface area contributed by atoms with Crippen LogP contribution in [0.4, 0.5) is 13.2 Å². The summed E-state index contributed by atoms with van der Waals surface area (Å²) in [5.41, 5.74) is 1.94. The first-order chi connectivity index (χ1) is 11.9. The second-order valence-electron chi connectivity index (χ2n) is 5.53. The van der Waals surface area contributed by atoms with E-state index in [-0.39, 0.29) is 0 Å². The second-order valence-corrected chi connectivity index (χ2v) is 6.50. The Balaban J connectivity index is 1.93. The van der Waals surface area contributed by atoms with Gasteiger partial charge in [-0.3, -0.25) is 0 Å². The SMILES string of the molecule is Cc1c(C#N)c(SCc2cccc(C(F)(F)F)c2)nc2ccccc12. The van der Waals surface area contributed by atoms with Crippen molar-refractivity contribution >= 4 is 22.7 Å². The second kappa shape index (κ2) is 6.77. The number of hydrogen-bond acceptors (Lipinski definition) is 3. The summed E-state index contributed by atoms with van der Waals surface area (Å²) < 4.78 is 38.4. The molecule has 0 saturated heterocycles. The highest BCUT2D eigenvalue weighted by Gasteiger charge is 2.30. The normalized spacial score (nSPS) is 11.5. The van der Waals surface area contributed by atoms with Gasteiger partial charge in [0, 0.05) is 11.1 Å². The molecule has 0 aliphatic heterocycles. The number of alkyl halides is 3. The fourth-order valence-electron chi connectivity index (χ4n) is 2.57. The van der Waals surface area contributed by atoms with Crippen LogP contribution in [0.1, 0.15) is 22.3 Å². The molecule has 1 aromatic heterocycles. The van der Waals surface area contributed by atoms with Crippen molar-refractivity contribution in [2.75, 3.05) is 0 Å². The van der Waals surface area contributed by atoms with Crippen LogP contribution in [-0.4, -0.2) is 4.98 Å². The Hall–Kier alpha value is -2.52. The minimum absolute atomic E-state index is 0.309. The third-order valence-electron chi connectivity index (χ3n) is 3.86. The average Bonchev–Trinajstić information content (AvgIpc) is 2.60. The first-order valence-electron chi connectivity index (χ1n) is 7.48. The number of rotatable bonds is 3. The van der Waals surface area contributed by atoms with E-state index in [4.69, 9.17) is 0 Å². The van der Waals surface area contributed by atoms with Gasteiger partial charge in [-0.05, 0) is 30.2 Å². The van der Waals surface area contributed by atoms with Crippen LogP contribution in [0.25, 0.3) is 10.9 Å². The number of nitrogens with zero attached hydrogens (tertiary/aromatic N) is 2. The molecule has 0 amide bonds. The van der Waals surface area contributed by atoms with Gasteiger partial charge in [-0.15, -0.1) is 11.8 Å². The maximum Gasteiger partial charge on any atom is 0.416 e. The molecule has 3 aromatic rings. The molecule has 6 heteroatoms. The Bertz CT molecular complexity index is 975. The Kier molecular flexibility index (Phi) is 4.69. The number of fused-ring (bicyclic) bond motifs is 1. The largest absolute Gasteiger partial charge is 0.416 e. The van der Waals surface area contributed by atoms with Crippen LogP contribution >= 0.6 is 11.8 Å². The molecule has 0 saturated carbocycles. The molecular weight excluding hydrogens is 345 g/mol. The number of nitriles is 1. The molecule has 0 N–H and O–H groups in total. The van der Waals surface area contributed by atoms with Gasteiger partial charge in [0.1, 0.15) is 11.1 Å². The number of pyridine rings is 1. The third kappa shape index (κ3) is 3.62. The van der Waals surface area contributed by atoms with Gasteiger partial charge in [-0.1, -0.05) is 36.4 Å².